The molecule has 0 aromatic heterocycles. The summed E-state index contributed by atoms with van der Waals surface area (Å²) in [7, 11) is 3.04. The molecule has 1 fully saturated rings. The zero-order chi connectivity index (χ0) is 21.8. The highest BCUT2D eigenvalue weighted by Gasteiger charge is 2.36. The van der Waals surface area contributed by atoms with Gasteiger partial charge in [0.15, 0.2) is 0 Å². The number of anilines is 2. The number of ether oxygens (including phenoxy) is 1. The highest BCUT2D eigenvalue weighted by molar-refractivity contribution is 6.31. The van der Waals surface area contributed by atoms with Crippen LogP contribution in [0.2, 0.25) is 5.02 Å². The van der Waals surface area contributed by atoms with Crippen LogP contribution in [0.4, 0.5) is 11.4 Å². The number of halogens is 1. The molecular formula is C22H24ClN3O4. The van der Waals surface area contributed by atoms with Crippen molar-refractivity contribution < 1.29 is 19.1 Å². The van der Waals surface area contributed by atoms with Gasteiger partial charge < -0.3 is 19.9 Å². The average Bonchev–Trinajstić information content (AvgIpc) is 3.09. The maximum Gasteiger partial charge on any atom is 0.244 e. The Kier molecular flexibility index (Phi) is 6.62. The Labute approximate surface area is 180 Å². The highest BCUT2D eigenvalue weighted by Crippen LogP contribution is 2.28. The number of likely N-dealkylation sites (N-methyl/N-ethyl adjacent to an activating group) is 1. The van der Waals surface area contributed by atoms with Gasteiger partial charge in [0, 0.05) is 30.7 Å². The number of amides is 3. The number of rotatable bonds is 6. The summed E-state index contributed by atoms with van der Waals surface area (Å²) >= 11 is 5.98. The van der Waals surface area contributed by atoms with Gasteiger partial charge in [-0.25, -0.2) is 0 Å². The molecule has 0 bridgehead atoms. The third-order valence-corrected chi connectivity index (χ3v) is 5.25. The smallest absolute Gasteiger partial charge is 0.244 e. The molecule has 1 heterocycles. The molecule has 0 aliphatic carbocycles. The first-order valence-electron chi connectivity index (χ1n) is 9.54. The highest BCUT2D eigenvalue weighted by atomic mass is 35.5. The third-order valence-electron chi connectivity index (χ3n) is 5.01. The molecule has 1 saturated heterocycles. The number of carbonyl (C=O) groups excluding carboxylic acids is 3. The number of nitrogens with zero attached hydrogens (tertiary/aromatic N) is 2. The molecule has 3 amide bonds. The van der Waals surface area contributed by atoms with Crippen molar-refractivity contribution in [3.8, 4) is 5.75 Å². The van der Waals surface area contributed by atoms with Crippen LogP contribution in [0.25, 0.3) is 0 Å². The van der Waals surface area contributed by atoms with Crippen LogP contribution in [0.3, 0.4) is 0 Å². The van der Waals surface area contributed by atoms with E-state index in [9.17, 15) is 14.4 Å². The Morgan fingerprint density at radius 3 is 2.60 bits per heavy atom. The van der Waals surface area contributed by atoms with Gasteiger partial charge in [0.2, 0.25) is 17.7 Å². The number of nitrogens with one attached hydrogen (secondary N) is 1. The van der Waals surface area contributed by atoms with E-state index < -0.39 is 5.92 Å². The van der Waals surface area contributed by atoms with E-state index in [-0.39, 0.29) is 30.7 Å². The van der Waals surface area contributed by atoms with Crippen LogP contribution in [-0.4, -0.2) is 49.9 Å². The lowest BCUT2D eigenvalue weighted by Crippen LogP contribution is -2.39. The minimum Gasteiger partial charge on any atom is -0.495 e. The SMILES string of the molecule is COc1ccc(Cl)cc1NC(=O)CN(C)C(=O)C1CC(=O)N(c2ccc(C)cc2)C1. The van der Waals surface area contributed by atoms with E-state index in [0.29, 0.717) is 23.0 Å². The molecule has 1 aliphatic heterocycles. The lowest BCUT2D eigenvalue weighted by molar-refractivity contribution is -0.137. The molecule has 0 radical (unpaired) electrons. The van der Waals surface area contributed by atoms with E-state index in [1.807, 2.05) is 31.2 Å². The Balaban J connectivity index is 1.60. The molecule has 0 spiro atoms. The largest absolute Gasteiger partial charge is 0.495 e. The quantitative estimate of drug-likeness (QED) is 0.765. The van der Waals surface area contributed by atoms with Crippen LogP contribution < -0.4 is 15.0 Å². The molecule has 0 saturated carbocycles. The summed E-state index contributed by atoms with van der Waals surface area (Å²) in [5, 5.41) is 3.16. The Hall–Kier alpha value is -3.06. The normalized spacial score (nSPS) is 15.8. The zero-order valence-electron chi connectivity index (χ0n) is 17.1. The lowest BCUT2D eigenvalue weighted by Gasteiger charge is -2.21. The van der Waals surface area contributed by atoms with Gasteiger partial charge in [0.25, 0.3) is 0 Å². The second kappa shape index (κ2) is 9.17. The van der Waals surface area contributed by atoms with Crippen molar-refractivity contribution in [3.05, 3.63) is 53.1 Å². The predicted octanol–water partition coefficient (Wildman–Crippen LogP) is 3.11. The minimum atomic E-state index is -0.489. The standard InChI is InChI=1S/C22H24ClN3O4/c1-14-4-7-17(8-5-14)26-12-15(10-21(26)28)22(29)25(2)13-20(27)24-18-11-16(23)6-9-19(18)30-3/h4-9,11,15H,10,12-13H2,1-3H3,(H,24,27). The second-order valence-electron chi connectivity index (χ2n) is 7.33. The molecule has 1 N–H and O–H groups in total. The fourth-order valence-electron chi connectivity index (χ4n) is 3.42. The van der Waals surface area contributed by atoms with E-state index in [2.05, 4.69) is 5.32 Å². The minimum absolute atomic E-state index is 0.0984. The molecule has 7 nitrogen and oxygen atoms in total. The predicted molar refractivity (Wildman–Crippen MR) is 116 cm³/mol. The Morgan fingerprint density at radius 2 is 1.93 bits per heavy atom. The second-order valence-corrected chi connectivity index (χ2v) is 7.76. The average molecular weight is 430 g/mol. The topological polar surface area (TPSA) is 79.0 Å². The Bertz CT molecular complexity index is 961. The van der Waals surface area contributed by atoms with Crippen molar-refractivity contribution in [1.29, 1.82) is 0 Å². The first kappa shape index (κ1) is 21.6. The van der Waals surface area contributed by atoms with Crippen LogP contribution in [0.5, 0.6) is 5.75 Å². The number of carbonyl (C=O) groups is 3. The van der Waals surface area contributed by atoms with Gasteiger partial charge in [0.1, 0.15) is 5.75 Å². The van der Waals surface area contributed by atoms with Gasteiger partial charge in [0.05, 0.1) is 25.3 Å². The molecule has 2 aromatic rings. The van der Waals surface area contributed by atoms with Crippen molar-refractivity contribution >= 4 is 40.7 Å². The lowest BCUT2D eigenvalue weighted by atomic mass is 10.1. The number of hydrogen-bond acceptors (Lipinski definition) is 4. The van der Waals surface area contributed by atoms with Gasteiger partial charge in [-0.05, 0) is 37.3 Å². The molecule has 30 heavy (non-hydrogen) atoms. The molecule has 2 aromatic carbocycles. The summed E-state index contributed by atoms with van der Waals surface area (Å²) in [5.41, 5.74) is 2.30. The van der Waals surface area contributed by atoms with Gasteiger partial charge in [-0.1, -0.05) is 29.3 Å². The van der Waals surface area contributed by atoms with E-state index in [4.69, 9.17) is 16.3 Å². The summed E-state index contributed by atoms with van der Waals surface area (Å²) < 4.78 is 5.21. The van der Waals surface area contributed by atoms with Crippen molar-refractivity contribution in [1.82, 2.24) is 4.90 Å². The summed E-state index contributed by atoms with van der Waals surface area (Å²) in [6, 6.07) is 12.5. The number of hydrogen-bond donors (Lipinski definition) is 1. The number of benzene rings is 2. The van der Waals surface area contributed by atoms with Gasteiger partial charge in [-0.3, -0.25) is 14.4 Å². The summed E-state index contributed by atoms with van der Waals surface area (Å²) in [6.45, 7) is 2.12. The first-order valence-corrected chi connectivity index (χ1v) is 9.91. The molecule has 1 aliphatic rings. The monoisotopic (exact) mass is 429 g/mol. The van der Waals surface area contributed by atoms with Crippen LogP contribution in [0, 0.1) is 12.8 Å². The summed E-state index contributed by atoms with van der Waals surface area (Å²) in [4.78, 5) is 40.6. The summed E-state index contributed by atoms with van der Waals surface area (Å²) in [6.07, 6.45) is 0.126. The fraction of sp³-hybridized carbons (Fsp3) is 0.318. The van der Waals surface area contributed by atoms with Crippen molar-refractivity contribution in [2.75, 3.05) is 37.5 Å². The Morgan fingerprint density at radius 1 is 1.23 bits per heavy atom. The van der Waals surface area contributed by atoms with Crippen molar-refractivity contribution in [2.45, 2.75) is 13.3 Å². The van der Waals surface area contributed by atoms with E-state index in [1.54, 1.807) is 30.1 Å². The van der Waals surface area contributed by atoms with Gasteiger partial charge in [-0.15, -0.1) is 0 Å². The molecule has 158 valence electrons. The van der Waals surface area contributed by atoms with Crippen LogP contribution in [0.15, 0.2) is 42.5 Å². The number of aryl methyl sites for hydroxylation is 1. The zero-order valence-corrected chi connectivity index (χ0v) is 17.9. The van der Waals surface area contributed by atoms with Crippen molar-refractivity contribution in [3.63, 3.8) is 0 Å². The summed E-state index contributed by atoms with van der Waals surface area (Å²) in [5.74, 6) is -0.745. The van der Waals surface area contributed by atoms with E-state index in [0.717, 1.165) is 11.3 Å². The molecular weight excluding hydrogens is 406 g/mol. The van der Waals surface area contributed by atoms with Gasteiger partial charge in [-0.2, -0.15) is 0 Å². The van der Waals surface area contributed by atoms with Gasteiger partial charge >= 0.3 is 0 Å². The fourth-order valence-corrected chi connectivity index (χ4v) is 3.59. The van der Waals surface area contributed by atoms with Crippen LogP contribution in [-0.2, 0) is 14.4 Å². The third kappa shape index (κ3) is 4.91. The van der Waals surface area contributed by atoms with Crippen molar-refractivity contribution in [2.24, 2.45) is 5.92 Å². The van der Waals surface area contributed by atoms with Crippen LogP contribution in [0.1, 0.15) is 12.0 Å². The van der Waals surface area contributed by atoms with Crippen LogP contribution >= 0.6 is 11.6 Å². The molecule has 1 atom stereocenters. The first-order chi connectivity index (χ1) is 14.3. The molecule has 1 unspecified atom stereocenters. The van der Waals surface area contributed by atoms with E-state index in [1.165, 1.54) is 12.0 Å². The maximum atomic E-state index is 12.8. The molecule has 3 rings (SSSR count). The number of methoxy groups -OCH3 is 1. The van der Waals surface area contributed by atoms with E-state index >= 15 is 0 Å². The molecule has 8 heteroatoms. The maximum absolute atomic E-state index is 12.8.